The topological polar surface area (TPSA) is 101 Å². The molecule has 0 aliphatic heterocycles. The lowest BCUT2D eigenvalue weighted by Crippen LogP contribution is -2.20. The van der Waals surface area contributed by atoms with Gasteiger partial charge in [-0.15, -0.1) is 0 Å². The largest absolute Gasteiger partial charge is 0.399 e. The maximum absolute atomic E-state index is 7.18. The Bertz CT molecular complexity index is 607. The molecule has 0 saturated carbocycles. The van der Waals surface area contributed by atoms with Crippen LogP contribution < -0.4 is 16.8 Å². The van der Waals surface area contributed by atoms with Gasteiger partial charge < -0.3 is 16.8 Å². The van der Waals surface area contributed by atoms with Crippen LogP contribution in [0.4, 0.5) is 10.8 Å². The fourth-order valence-electron chi connectivity index (χ4n) is 1.53. The molecule has 5 nitrogen and oxygen atoms in total. The first-order valence-electron chi connectivity index (χ1n) is 5.11. The summed E-state index contributed by atoms with van der Waals surface area (Å²) in [5.41, 5.74) is 13.3. The number of rotatable bonds is 2. The molecule has 1 aromatic carbocycles. The molecule has 2 rings (SSSR count). The minimum atomic E-state index is -0.144. The molecule has 1 aromatic heterocycles. The zero-order valence-electron chi connectivity index (χ0n) is 9.62. The molecule has 2 aromatic rings. The van der Waals surface area contributed by atoms with Crippen LogP contribution in [-0.2, 0) is 0 Å². The molecule has 0 spiro atoms. The predicted octanol–water partition coefficient (Wildman–Crippen LogP) is 2.66. The van der Waals surface area contributed by atoms with Gasteiger partial charge in [-0.2, -0.15) is 0 Å². The van der Waals surface area contributed by atoms with Gasteiger partial charge in [0.15, 0.2) is 11.1 Å². The van der Waals surface area contributed by atoms with Crippen molar-refractivity contribution in [2.24, 2.45) is 5.73 Å². The average Bonchev–Trinajstić information content (AvgIpc) is 2.62. The highest BCUT2D eigenvalue weighted by molar-refractivity contribution is 7.19. The lowest BCUT2D eigenvalue weighted by Gasteiger charge is -2.03. The number of hydrogen-bond donors (Lipinski definition) is 4. The summed E-state index contributed by atoms with van der Waals surface area (Å²) in [5, 5.41) is 11.0. The number of benzene rings is 1. The fraction of sp³-hybridized carbons (Fsp3) is 0.0909. The first-order chi connectivity index (χ1) is 8.47. The summed E-state index contributed by atoms with van der Waals surface area (Å²) < 4.78 is 0. The first-order valence-corrected chi connectivity index (χ1v) is 6.30. The van der Waals surface area contributed by atoms with Crippen LogP contribution in [0.2, 0.25) is 5.02 Å². The van der Waals surface area contributed by atoms with Crippen LogP contribution in [0.3, 0.4) is 0 Å². The minimum Gasteiger partial charge on any atom is -0.399 e. The third kappa shape index (κ3) is 2.55. The minimum absolute atomic E-state index is 0.144. The van der Waals surface area contributed by atoms with Gasteiger partial charge in [-0.3, -0.25) is 5.41 Å². The lowest BCUT2D eigenvalue weighted by molar-refractivity contribution is 1.26. The molecule has 0 aliphatic rings. The lowest BCUT2D eigenvalue weighted by atomic mass is 10.1. The summed E-state index contributed by atoms with van der Waals surface area (Å²) in [5.74, 6) is -0.144. The maximum Gasteiger partial charge on any atom is 0.192 e. The van der Waals surface area contributed by atoms with Gasteiger partial charge in [-0.1, -0.05) is 22.9 Å². The van der Waals surface area contributed by atoms with Gasteiger partial charge in [0, 0.05) is 16.3 Å². The van der Waals surface area contributed by atoms with E-state index in [2.05, 4.69) is 10.3 Å². The van der Waals surface area contributed by atoms with Crippen molar-refractivity contribution in [1.29, 1.82) is 5.41 Å². The number of guanidine groups is 1. The summed E-state index contributed by atoms with van der Waals surface area (Å²) in [6.45, 7) is 1.87. The number of nitrogens with zero attached hydrogens (tertiary/aromatic N) is 1. The molecule has 94 valence electrons. The van der Waals surface area contributed by atoms with E-state index in [1.54, 1.807) is 18.2 Å². The third-order valence-electron chi connectivity index (χ3n) is 2.27. The van der Waals surface area contributed by atoms with Crippen LogP contribution in [0.1, 0.15) is 5.69 Å². The molecule has 6 N–H and O–H groups in total. The monoisotopic (exact) mass is 281 g/mol. The summed E-state index contributed by atoms with van der Waals surface area (Å²) in [7, 11) is 0. The van der Waals surface area contributed by atoms with E-state index in [0.717, 1.165) is 16.1 Å². The standard InChI is InChI=1S/C11H12ClN5S/c1-5-9(18-11(16-5)17-10(14)15)7-4-6(13)2-3-8(7)12/h2-4H,13H2,1H3,(H4,14,15,16,17). The Hall–Kier alpha value is -1.79. The SMILES string of the molecule is Cc1nc(NC(=N)N)sc1-c1cc(N)ccc1Cl. The maximum atomic E-state index is 7.18. The van der Waals surface area contributed by atoms with Gasteiger partial charge >= 0.3 is 0 Å². The van der Waals surface area contributed by atoms with Crippen LogP contribution in [0.25, 0.3) is 10.4 Å². The van der Waals surface area contributed by atoms with Crippen molar-refractivity contribution < 1.29 is 0 Å². The molecule has 0 radical (unpaired) electrons. The van der Waals surface area contributed by atoms with Crippen molar-refractivity contribution >= 4 is 39.7 Å². The highest BCUT2D eigenvalue weighted by Crippen LogP contribution is 2.37. The molecule has 7 heteroatoms. The third-order valence-corrected chi connectivity index (χ3v) is 3.71. The van der Waals surface area contributed by atoms with Crippen molar-refractivity contribution in [3.8, 4) is 10.4 Å². The Morgan fingerprint density at radius 3 is 2.89 bits per heavy atom. The molecule has 0 aliphatic carbocycles. The van der Waals surface area contributed by atoms with Gasteiger partial charge in [0.1, 0.15) is 0 Å². The summed E-state index contributed by atoms with van der Waals surface area (Å²) in [6, 6.07) is 5.31. The molecule has 0 bridgehead atoms. The number of thiazole rings is 1. The van der Waals surface area contributed by atoms with E-state index in [1.807, 2.05) is 6.92 Å². The smallest absolute Gasteiger partial charge is 0.192 e. The Morgan fingerprint density at radius 2 is 2.22 bits per heavy atom. The summed E-state index contributed by atoms with van der Waals surface area (Å²) in [4.78, 5) is 5.20. The highest BCUT2D eigenvalue weighted by atomic mass is 35.5. The van der Waals surface area contributed by atoms with Gasteiger partial charge in [0.05, 0.1) is 10.6 Å². The van der Waals surface area contributed by atoms with E-state index in [1.165, 1.54) is 11.3 Å². The number of nitrogen functional groups attached to an aromatic ring is 1. The zero-order chi connectivity index (χ0) is 13.3. The van der Waals surface area contributed by atoms with Gasteiger partial charge in [0.2, 0.25) is 0 Å². The van der Waals surface area contributed by atoms with E-state index in [4.69, 9.17) is 28.5 Å². The van der Waals surface area contributed by atoms with E-state index >= 15 is 0 Å². The molecule has 0 saturated heterocycles. The van der Waals surface area contributed by atoms with E-state index in [-0.39, 0.29) is 5.96 Å². The van der Waals surface area contributed by atoms with E-state index in [9.17, 15) is 0 Å². The number of anilines is 2. The zero-order valence-corrected chi connectivity index (χ0v) is 11.2. The van der Waals surface area contributed by atoms with Crippen LogP contribution >= 0.6 is 22.9 Å². The number of aromatic nitrogens is 1. The molecule has 0 amide bonds. The Morgan fingerprint density at radius 1 is 1.50 bits per heavy atom. The Kier molecular flexibility index (Phi) is 3.40. The van der Waals surface area contributed by atoms with Crippen molar-refractivity contribution in [2.45, 2.75) is 6.92 Å². The Balaban J connectivity index is 2.47. The highest BCUT2D eigenvalue weighted by Gasteiger charge is 2.13. The second-order valence-corrected chi connectivity index (χ2v) is 5.12. The molecular weight excluding hydrogens is 270 g/mol. The fourth-order valence-corrected chi connectivity index (χ4v) is 2.81. The quantitative estimate of drug-likeness (QED) is 0.386. The molecule has 0 fully saturated rings. The summed E-state index contributed by atoms with van der Waals surface area (Å²) >= 11 is 7.53. The molecule has 0 atom stereocenters. The van der Waals surface area contributed by atoms with Crippen LogP contribution in [0.5, 0.6) is 0 Å². The normalized spacial score (nSPS) is 10.3. The Labute approximate surface area is 113 Å². The first kappa shape index (κ1) is 12.7. The molecule has 1 heterocycles. The van der Waals surface area contributed by atoms with E-state index in [0.29, 0.717) is 15.8 Å². The summed E-state index contributed by atoms with van der Waals surface area (Å²) in [6.07, 6.45) is 0. The van der Waals surface area contributed by atoms with Crippen molar-refractivity contribution in [1.82, 2.24) is 4.98 Å². The van der Waals surface area contributed by atoms with Crippen LogP contribution in [-0.4, -0.2) is 10.9 Å². The van der Waals surface area contributed by atoms with E-state index < -0.39 is 0 Å². The number of nitrogens with one attached hydrogen (secondary N) is 2. The molecular formula is C11H12ClN5S. The van der Waals surface area contributed by atoms with Crippen molar-refractivity contribution in [2.75, 3.05) is 11.1 Å². The number of aryl methyl sites for hydroxylation is 1. The number of nitrogens with two attached hydrogens (primary N) is 2. The number of halogens is 1. The second-order valence-electron chi connectivity index (χ2n) is 3.71. The van der Waals surface area contributed by atoms with Gasteiger partial charge in [-0.25, -0.2) is 4.98 Å². The van der Waals surface area contributed by atoms with Crippen molar-refractivity contribution in [3.63, 3.8) is 0 Å². The average molecular weight is 282 g/mol. The number of hydrogen-bond acceptors (Lipinski definition) is 4. The predicted molar refractivity (Wildman–Crippen MR) is 77.2 cm³/mol. The van der Waals surface area contributed by atoms with Gasteiger partial charge in [0.25, 0.3) is 0 Å². The second kappa shape index (κ2) is 4.83. The van der Waals surface area contributed by atoms with Gasteiger partial charge in [-0.05, 0) is 25.1 Å². The van der Waals surface area contributed by atoms with Crippen LogP contribution in [0.15, 0.2) is 18.2 Å². The molecule has 18 heavy (non-hydrogen) atoms. The van der Waals surface area contributed by atoms with Crippen LogP contribution in [0, 0.1) is 12.3 Å². The molecule has 0 unspecified atom stereocenters. The van der Waals surface area contributed by atoms with Crippen molar-refractivity contribution in [3.05, 3.63) is 28.9 Å².